The molecule has 6 nitrogen and oxygen atoms in total. The molecule has 0 spiro atoms. The van der Waals surface area contributed by atoms with Crippen molar-refractivity contribution in [2.24, 2.45) is 5.92 Å². The minimum atomic E-state index is -0.486. The van der Waals surface area contributed by atoms with E-state index < -0.39 is 5.97 Å². The molecule has 1 aromatic heterocycles. The third kappa shape index (κ3) is 4.26. The summed E-state index contributed by atoms with van der Waals surface area (Å²) < 4.78 is 17.9. The Balaban J connectivity index is 1.87. The van der Waals surface area contributed by atoms with E-state index in [0.29, 0.717) is 28.8 Å². The van der Waals surface area contributed by atoms with Gasteiger partial charge in [0.2, 0.25) is 0 Å². The van der Waals surface area contributed by atoms with Gasteiger partial charge in [-0.25, -0.2) is 14.2 Å². The number of hydrogen-bond acceptors (Lipinski definition) is 5. The molecule has 2 N–H and O–H groups in total. The third-order valence-electron chi connectivity index (χ3n) is 4.56. The maximum atomic E-state index is 13.2. The predicted octanol–water partition coefficient (Wildman–Crippen LogP) is 3.34. The number of benzene rings is 2. The Morgan fingerprint density at radius 2 is 1.93 bits per heavy atom. The number of hydrogen-bond donors (Lipinski definition) is 2. The normalized spacial score (nSPS) is 12.3. The van der Waals surface area contributed by atoms with E-state index in [0.717, 1.165) is 5.56 Å². The molecule has 3 aromatic rings. The number of nitrogens with one attached hydrogen (secondary N) is 2. The van der Waals surface area contributed by atoms with Gasteiger partial charge < -0.3 is 15.0 Å². The Labute approximate surface area is 161 Å². The highest BCUT2D eigenvalue weighted by molar-refractivity contribution is 5.93. The van der Waals surface area contributed by atoms with Gasteiger partial charge in [0.25, 0.3) is 5.56 Å². The van der Waals surface area contributed by atoms with Crippen molar-refractivity contribution in [3.63, 3.8) is 0 Å². The summed E-state index contributed by atoms with van der Waals surface area (Å²) in [6.07, 6.45) is 0. The number of aromatic nitrogens is 2. The first-order valence-electron chi connectivity index (χ1n) is 8.99. The van der Waals surface area contributed by atoms with E-state index in [2.05, 4.69) is 29.1 Å². The number of esters is 1. The highest BCUT2D eigenvalue weighted by Crippen LogP contribution is 2.22. The molecule has 0 aliphatic rings. The molecule has 2 aromatic carbocycles. The van der Waals surface area contributed by atoms with Crippen molar-refractivity contribution in [3.05, 3.63) is 75.6 Å². The first kappa shape index (κ1) is 19.7. The molecule has 3 rings (SSSR count). The van der Waals surface area contributed by atoms with Crippen LogP contribution in [0.25, 0.3) is 10.9 Å². The molecule has 0 aliphatic heterocycles. The molecule has 1 heterocycles. The molecule has 28 heavy (non-hydrogen) atoms. The standard InChI is InChI=1S/C21H22FN3O3/c1-12(2)19(13-4-7-15(22)8-5-13)23-11-18-24-17-10-14(21(27)28-3)6-9-16(17)20(26)25-18/h4-10,12,19,23H,11H2,1-3H3,(H,24,25,26). The highest BCUT2D eigenvalue weighted by Gasteiger charge is 2.16. The number of aromatic amines is 1. The maximum Gasteiger partial charge on any atom is 0.337 e. The van der Waals surface area contributed by atoms with Crippen LogP contribution >= 0.6 is 0 Å². The van der Waals surface area contributed by atoms with Crippen molar-refractivity contribution in [2.45, 2.75) is 26.4 Å². The topological polar surface area (TPSA) is 84.1 Å². The first-order chi connectivity index (χ1) is 13.4. The van der Waals surface area contributed by atoms with Gasteiger partial charge in [0.1, 0.15) is 11.6 Å². The minimum Gasteiger partial charge on any atom is -0.465 e. The lowest BCUT2D eigenvalue weighted by atomic mass is 9.96. The van der Waals surface area contributed by atoms with Crippen molar-refractivity contribution in [3.8, 4) is 0 Å². The molecule has 0 saturated carbocycles. The second-order valence-electron chi connectivity index (χ2n) is 6.89. The summed E-state index contributed by atoms with van der Waals surface area (Å²) in [5, 5.41) is 3.76. The van der Waals surface area contributed by atoms with Crippen LogP contribution in [0, 0.1) is 11.7 Å². The largest absolute Gasteiger partial charge is 0.465 e. The van der Waals surface area contributed by atoms with Crippen molar-refractivity contribution in [1.82, 2.24) is 15.3 Å². The van der Waals surface area contributed by atoms with Gasteiger partial charge in [0.15, 0.2) is 0 Å². The number of nitrogens with zero attached hydrogens (tertiary/aromatic N) is 1. The van der Waals surface area contributed by atoms with Gasteiger partial charge in [-0.3, -0.25) is 4.79 Å². The maximum absolute atomic E-state index is 13.2. The molecular weight excluding hydrogens is 361 g/mol. The van der Waals surface area contributed by atoms with Gasteiger partial charge in [0.05, 0.1) is 30.1 Å². The lowest BCUT2D eigenvalue weighted by molar-refractivity contribution is 0.0601. The predicted molar refractivity (Wildman–Crippen MR) is 105 cm³/mol. The van der Waals surface area contributed by atoms with Crippen molar-refractivity contribution in [1.29, 1.82) is 0 Å². The van der Waals surface area contributed by atoms with Crippen molar-refractivity contribution < 1.29 is 13.9 Å². The summed E-state index contributed by atoms with van der Waals surface area (Å²) in [6, 6.07) is 10.9. The van der Waals surface area contributed by atoms with Gasteiger partial charge in [0, 0.05) is 6.04 Å². The smallest absolute Gasteiger partial charge is 0.337 e. The van der Waals surface area contributed by atoms with Crippen LogP contribution in [0.4, 0.5) is 4.39 Å². The Morgan fingerprint density at radius 1 is 1.21 bits per heavy atom. The van der Waals surface area contributed by atoms with Gasteiger partial charge >= 0.3 is 5.97 Å². The van der Waals surface area contributed by atoms with Crippen LogP contribution in [0.15, 0.2) is 47.3 Å². The molecule has 7 heteroatoms. The molecule has 0 fully saturated rings. The Kier molecular flexibility index (Phi) is 5.84. The number of methoxy groups -OCH3 is 1. The van der Waals surface area contributed by atoms with E-state index >= 15 is 0 Å². The molecular formula is C21H22FN3O3. The number of fused-ring (bicyclic) bond motifs is 1. The van der Waals surface area contributed by atoms with E-state index in [1.807, 2.05) is 0 Å². The molecule has 0 aliphatic carbocycles. The van der Waals surface area contributed by atoms with E-state index in [1.165, 1.54) is 25.3 Å². The zero-order chi connectivity index (χ0) is 20.3. The fourth-order valence-corrected chi connectivity index (χ4v) is 3.13. The van der Waals surface area contributed by atoms with Gasteiger partial charge in [-0.15, -0.1) is 0 Å². The number of halogens is 1. The molecule has 1 unspecified atom stereocenters. The molecule has 0 bridgehead atoms. The zero-order valence-electron chi connectivity index (χ0n) is 16.0. The van der Waals surface area contributed by atoms with Crippen molar-refractivity contribution >= 4 is 16.9 Å². The fraction of sp³-hybridized carbons (Fsp3) is 0.286. The average molecular weight is 383 g/mol. The van der Waals surface area contributed by atoms with Crippen LogP contribution in [0.1, 0.15) is 41.6 Å². The Hall–Kier alpha value is -3.06. The summed E-state index contributed by atoms with van der Waals surface area (Å²) in [5.41, 5.74) is 1.43. The van der Waals surface area contributed by atoms with Crippen LogP contribution in [0.3, 0.4) is 0 Å². The summed E-state index contributed by atoms with van der Waals surface area (Å²) >= 11 is 0. The summed E-state index contributed by atoms with van der Waals surface area (Å²) in [5.74, 6) is -0.0797. The second kappa shape index (κ2) is 8.31. The lowest BCUT2D eigenvalue weighted by Gasteiger charge is -2.23. The van der Waals surface area contributed by atoms with Gasteiger partial charge in [-0.1, -0.05) is 26.0 Å². The van der Waals surface area contributed by atoms with Crippen molar-refractivity contribution in [2.75, 3.05) is 7.11 Å². The molecule has 1 atom stereocenters. The summed E-state index contributed by atoms with van der Waals surface area (Å²) in [4.78, 5) is 31.3. The lowest BCUT2D eigenvalue weighted by Crippen LogP contribution is -2.27. The molecule has 0 radical (unpaired) electrons. The second-order valence-corrected chi connectivity index (χ2v) is 6.89. The van der Waals surface area contributed by atoms with Crippen LogP contribution < -0.4 is 10.9 Å². The van der Waals surface area contributed by atoms with Crippen LogP contribution in [-0.4, -0.2) is 23.0 Å². The highest BCUT2D eigenvalue weighted by atomic mass is 19.1. The first-order valence-corrected chi connectivity index (χ1v) is 8.99. The Morgan fingerprint density at radius 3 is 2.57 bits per heavy atom. The summed E-state index contributed by atoms with van der Waals surface area (Å²) in [7, 11) is 1.30. The van der Waals surface area contributed by atoms with Crippen LogP contribution in [-0.2, 0) is 11.3 Å². The number of rotatable bonds is 6. The van der Waals surface area contributed by atoms with E-state index in [4.69, 9.17) is 4.74 Å². The Bertz CT molecular complexity index is 1040. The van der Waals surface area contributed by atoms with E-state index in [9.17, 15) is 14.0 Å². The minimum absolute atomic E-state index is 0.0389. The SMILES string of the molecule is COC(=O)c1ccc2c(=O)[nH]c(CNC(c3ccc(F)cc3)C(C)C)nc2c1. The van der Waals surface area contributed by atoms with Gasteiger partial charge in [-0.05, 0) is 41.8 Å². The third-order valence-corrected chi connectivity index (χ3v) is 4.56. The van der Waals surface area contributed by atoms with E-state index in [1.54, 1.807) is 24.3 Å². The van der Waals surface area contributed by atoms with Crippen LogP contribution in [0.2, 0.25) is 0 Å². The molecule has 146 valence electrons. The van der Waals surface area contributed by atoms with Crippen LogP contribution in [0.5, 0.6) is 0 Å². The average Bonchev–Trinajstić information content (AvgIpc) is 2.68. The monoisotopic (exact) mass is 383 g/mol. The fourth-order valence-electron chi connectivity index (χ4n) is 3.13. The quantitative estimate of drug-likeness (QED) is 0.638. The number of carbonyl (C=O) groups excluding carboxylic acids is 1. The molecule has 0 saturated heterocycles. The number of carbonyl (C=O) groups is 1. The van der Waals surface area contributed by atoms with E-state index in [-0.39, 0.29) is 23.3 Å². The van der Waals surface area contributed by atoms with Gasteiger partial charge in [-0.2, -0.15) is 0 Å². The number of H-pyrrole nitrogens is 1. The number of ether oxygens (including phenoxy) is 1. The summed E-state index contributed by atoms with van der Waals surface area (Å²) in [6.45, 7) is 4.42. The molecule has 0 amide bonds. The zero-order valence-corrected chi connectivity index (χ0v) is 16.0.